The van der Waals surface area contributed by atoms with Crippen LogP contribution in [-0.2, 0) is 10.0 Å². The van der Waals surface area contributed by atoms with Crippen molar-refractivity contribution in [3.05, 3.63) is 71.6 Å². The van der Waals surface area contributed by atoms with Crippen molar-refractivity contribution in [3.63, 3.8) is 0 Å². The van der Waals surface area contributed by atoms with E-state index in [1.807, 2.05) is 4.72 Å². The summed E-state index contributed by atoms with van der Waals surface area (Å²) in [7, 11) is -3.98. The highest BCUT2D eigenvalue weighted by Crippen LogP contribution is 2.29. The number of anilines is 1. The molecule has 0 radical (unpaired) electrons. The molecule has 34 heavy (non-hydrogen) atoms. The molecular weight excluding hydrogens is 464 g/mol. The van der Waals surface area contributed by atoms with Crippen LogP contribution in [0.15, 0.2) is 43.0 Å². The molecule has 1 aromatic carbocycles. The van der Waals surface area contributed by atoms with Gasteiger partial charge in [0.15, 0.2) is 11.6 Å². The number of aromatic amines is 1. The summed E-state index contributed by atoms with van der Waals surface area (Å²) in [6.07, 6.45) is 11.4. The maximum absolute atomic E-state index is 15.1. The fourth-order valence-electron chi connectivity index (χ4n) is 3.34. The fraction of sp³-hybridized carbons (Fsp3) is 0.130. The van der Waals surface area contributed by atoms with Crippen molar-refractivity contribution in [1.82, 2.24) is 19.9 Å². The number of fused-ring (bicyclic) bond motifs is 1. The number of carbonyl (C=O) groups is 1. The number of pyridine rings is 1. The number of carbonyl (C=O) groups excluding carboxylic acids is 1. The Morgan fingerprint density at radius 3 is 2.50 bits per heavy atom. The van der Waals surface area contributed by atoms with Gasteiger partial charge in [0.25, 0.3) is 0 Å². The molecule has 0 fully saturated rings. The molecule has 4 aromatic rings. The van der Waals surface area contributed by atoms with E-state index >= 15 is 4.39 Å². The highest BCUT2D eigenvalue weighted by Gasteiger charge is 2.25. The molecule has 0 amide bonds. The summed E-state index contributed by atoms with van der Waals surface area (Å²) in [6, 6.07) is 3.45. The number of rotatable bonds is 7. The van der Waals surface area contributed by atoms with Crippen molar-refractivity contribution >= 4 is 32.5 Å². The van der Waals surface area contributed by atoms with E-state index in [9.17, 15) is 17.6 Å². The standard InChI is InChI=1S/C23H17F2N5O3S/c1-3-7-34(32,33)30-21-18(24)6-5-15(20(21)25)22(31)17-12-29-23-16(17)8-13(9-28-23)14-10-26-19(4-2)27-11-14/h2,5-6,8-12,30H,3,7H2,1H3,(H,28,29). The van der Waals surface area contributed by atoms with Crippen molar-refractivity contribution in [2.45, 2.75) is 13.3 Å². The van der Waals surface area contributed by atoms with Gasteiger partial charge in [-0.25, -0.2) is 32.2 Å². The lowest BCUT2D eigenvalue weighted by Crippen LogP contribution is -2.19. The number of ketones is 1. The second kappa shape index (κ2) is 8.99. The zero-order valence-corrected chi connectivity index (χ0v) is 18.6. The Bertz CT molecular complexity index is 1560. The first-order chi connectivity index (χ1) is 16.2. The summed E-state index contributed by atoms with van der Waals surface area (Å²) >= 11 is 0. The van der Waals surface area contributed by atoms with Crippen molar-refractivity contribution in [1.29, 1.82) is 0 Å². The Hall–Kier alpha value is -4.17. The molecule has 0 unspecified atom stereocenters. The Morgan fingerprint density at radius 1 is 1.12 bits per heavy atom. The first kappa shape index (κ1) is 23.0. The minimum absolute atomic E-state index is 0.0680. The molecule has 172 valence electrons. The van der Waals surface area contributed by atoms with Gasteiger partial charge in [0.05, 0.1) is 11.3 Å². The predicted molar refractivity (Wildman–Crippen MR) is 123 cm³/mol. The summed E-state index contributed by atoms with van der Waals surface area (Å²) in [6.45, 7) is 1.61. The number of hydrogen-bond donors (Lipinski definition) is 2. The van der Waals surface area contributed by atoms with E-state index in [1.54, 1.807) is 19.2 Å². The van der Waals surface area contributed by atoms with Crippen molar-refractivity contribution < 1.29 is 22.0 Å². The van der Waals surface area contributed by atoms with Crippen LogP contribution in [0.1, 0.15) is 35.1 Å². The van der Waals surface area contributed by atoms with Crippen molar-refractivity contribution in [3.8, 4) is 23.5 Å². The molecule has 2 N–H and O–H groups in total. The molecule has 0 spiro atoms. The van der Waals surface area contributed by atoms with Crippen molar-refractivity contribution in [2.75, 3.05) is 10.5 Å². The molecule has 8 nitrogen and oxygen atoms in total. The molecule has 0 saturated carbocycles. The zero-order valence-electron chi connectivity index (χ0n) is 17.8. The van der Waals surface area contributed by atoms with E-state index in [1.165, 1.54) is 18.6 Å². The predicted octanol–water partition coefficient (Wildman–Crippen LogP) is 3.66. The van der Waals surface area contributed by atoms with Gasteiger partial charge < -0.3 is 4.98 Å². The van der Waals surface area contributed by atoms with Gasteiger partial charge in [0, 0.05) is 46.9 Å². The van der Waals surface area contributed by atoms with Crippen LogP contribution in [0, 0.1) is 24.0 Å². The third-order valence-corrected chi connectivity index (χ3v) is 6.42. The molecule has 0 bridgehead atoms. The van der Waals surface area contributed by atoms with Crippen LogP contribution in [0.4, 0.5) is 14.5 Å². The van der Waals surface area contributed by atoms with Crippen LogP contribution in [0.2, 0.25) is 0 Å². The highest BCUT2D eigenvalue weighted by atomic mass is 32.2. The highest BCUT2D eigenvalue weighted by molar-refractivity contribution is 7.92. The molecule has 0 aliphatic carbocycles. The summed E-state index contributed by atoms with van der Waals surface area (Å²) in [5, 5.41) is 0.375. The third-order valence-electron chi connectivity index (χ3n) is 4.96. The van der Waals surface area contributed by atoms with Gasteiger partial charge in [0.2, 0.25) is 15.8 Å². The second-order valence-corrected chi connectivity index (χ2v) is 9.14. The number of halogens is 2. The first-order valence-corrected chi connectivity index (χ1v) is 11.7. The summed E-state index contributed by atoms with van der Waals surface area (Å²) in [5.41, 5.74) is 0.205. The molecule has 3 heterocycles. The van der Waals surface area contributed by atoms with Crippen LogP contribution in [-0.4, -0.2) is 39.9 Å². The molecule has 0 aliphatic heterocycles. The number of H-pyrrole nitrogens is 1. The largest absolute Gasteiger partial charge is 0.345 e. The Balaban J connectivity index is 1.76. The summed E-state index contributed by atoms with van der Waals surface area (Å²) in [5.74, 6) is -1.01. The number of sulfonamides is 1. The molecule has 0 saturated heterocycles. The molecule has 0 atom stereocenters. The monoisotopic (exact) mass is 481 g/mol. The van der Waals surface area contributed by atoms with Gasteiger partial charge in [-0.15, -0.1) is 6.42 Å². The minimum Gasteiger partial charge on any atom is -0.345 e. The maximum atomic E-state index is 15.1. The Labute approximate surface area is 193 Å². The maximum Gasteiger partial charge on any atom is 0.232 e. The lowest BCUT2D eigenvalue weighted by Gasteiger charge is -2.11. The number of aromatic nitrogens is 4. The van der Waals surface area contributed by atoms with Crippen molar-refractivity contribution in [2.24, 2.45) is 0 Å². The average molecular weight is 481 g/mol. The first-order valence-electron chi connectivity index (χ1n) is 10.0. The Kier molecular flexibility index (Phi) is 6.08. The summed E-state index contributed by atoms with van der Waals surface area (Å²) in [4.78, 5) is 28.4. The van der Waals surface area contributed by atoms with Gasteiger partial charge in [0.1, 0.15) is 17.2 Å². The summed E-state index contributed by atoms with van der Waals surface area (Å²) < 4.78 is 55.3. The smallest absolute Gasteiger partial charge is 0.232 e. The number of benzene rings is 1. The zero-order chi connectivity index (χ0) is 24.5. The molecule has 4 rings (SSSR count). The SMILES string of the molecule is C#Cc1ncc(-c2cnc3[nH]cc(C(=O)c4ccc(F)c(NS(=O)(=O)CCC)c4F)c3c2)cn1. The fourth-order valence-corrected chi connectivity index (χ4v) is 4.48. The van der Waals surface area contributed by atoms with Gasteiger partial charge in [-0.3, -0.25) is 9.52 Å². The van der Waals surface area contributed by atoms with Crippen LogP contribution < -0.4 is 4.72 Å². The van der Waals surface area contributed by atoms with E-state index in [0.717, 1.165) is 12.1 Å². The Morgan fingerprint density at radius 2 is 1.82 bits per heavy atom. The number of nitrogens with zero attached hydrogens (tertiary/aromatic N) is 3. The van der Waals surface area contributed by atoms with Gasteiger partial charge in [-0.2, -0.15) is 0 Å². The van der Waals surface area contributed by atoms with Crippen LogP contribution in [0.3, 0.4) is 0 Å². The van der Waals surface area contributed by atoms with Gasteiger partial charge in [-0.05, 0) is 30.5 Å². The van der Waals surface area contributed by atoms with E-state index < -0.39 is 38.7 Å². The van der Waals surface area contributed by atoms with Crippen LogP contribution in [0.25, 0.3) is 22.2 Å². The van der Waals surface area contributed by atoms with E-state index in [0.29, 0.717) is 22.2 Å². The molecular formula is C23H17F2N5O3S. The van der Waals surface area contributed by atoms with Crippen LogP contribution >= 0.6 is 0 Å². The normalized spacial score (nSPS) is 11.4. The third kappa shape index (κ3) is 4.35. The molecule has 3 aromatic heterocycles. The van der Waals surface area contributed by atoms with E-state index in [-0.39, 0.29) is 23.6 Å². The average Bonchev–Trinajstić information content (AvgIpc) is 3.25. The molecule has 11 heteroatoms. The second-order valence-electron chi connectivity index (χ2n) is 7.30. The number of terminal acetylenes is 1. The molecule has 0 aliphatic rings. The lowest BCUT2D eigenvalue weighted by molar-refractivity contribution is 0.103. The lowest BCUT2D eigenvalue weighted by atomic mass is 10.0. The van der Waals surface area contributed by atoms with E-state index in [2.05, 4.69) is 25.9 Å². The van der Waals surface area contributed by atoms with Crippen LogP contribution in [0.5, 0.6) is 0 Å². The van der Waals surface area contributed by atoms with Gasteiger partial charge >= 0.3 is 0 Å². The number of nitrogens with one attached hydrogen (secondary N) is 2. The van der Waals surface area contributed by atoms with Gasteiger partial charge in [-0.1, -0.05) is 6.92 Å². The quantitative estimate of drug-likeness (QED) is 0.307. The number of hydrogen-bond acceptors (Lipinski definition) is 6. The topological polar surface area (TPSA) is 118 Å². The minimum atomic E-state index is -3.98. The van der Waals surface area contributed by atoms with E-state index in [4.69, 9.17) is 6.42 Å².